The Bertz CT molecular complexity index is 1180. The van der Waals surface area contributed by atoms with E-state index in [1.165, 1.54) is 17.0 Å². The number of ketones is 1. The molecule has 0 saturated heterocycles. The Hall–Kier alpha value is -3.18. The zero-order chi connectivity index (χ0) is 22.7. The molecule has 31 heavy (non-hydrogen) atoms. The molecule has 0 aliphatic heterocycles. The molecule has 0 aliphatic carbocycles. The zero-order valence-corrected chi connectivity index (χ0v) is 17.8. The topological polar surface area (TPSA) is 125 Å². The Morgan fingerprint density at radius 1 is 1.32 bits per heavy atom. The fourth-order valence-electron chi connectivity index (χ4n) is 2.85. The number of pyridine rings is 1. The number of aliphatic hydroxyl groups excluding tert-OH is 1. The Kier molecular flexibility index (Phi) is 6.76. The lowest BCUT2D eigenvalue weighted by Crippen LogP contribution is -2.26. The minimum Gasteiger partial charge on any atom is -0.474 e. The van der Waals surface area contributed by atoms with Crippen LogP contribution >= 0.6 is 11.6 Å². The predicted molar refractivity (Wildman–Crippen MR) is 108 cm³/mol. The second kappa shape index (κ2) is 9.31. The largest absolute Gasteiger partial charge is 0.474 e. The number of carbonyl (C=O) groups is 1. The van der Waals surface area contributed by atoms with Crippen LogP contribution in [0.5, 0.6) is 5.88 Å². The average molecular weight is 451 g/mol. The van der Waals surface area contributed by atoms with E-state index in [1.807, 2.05) is 0 Å². The van der Waals surface area contributed by atoms with Crippen LogP contribution < -0.4 is 10.4 Å². The summed E-state index contributed by atoms with van der Waals surface area (Å²) in [6, 6.07) is 0.933. The first-order valence-electron chi connectivity index (χ1n) is 9.42. The summed E-state index contributed by atoms with van der Waals surface area (Å²) in [6.45, 7) is 4.81. The van der Waals surface area contributed by atoms with Crippen molar-refractivity contribution in [1.29, 1.82) is 0 Å². The van der Waals surface area contributed by atoms with Gasteiger partial charge in [-0.15, -0.1) is 5.10 Å². The van der Waals surface area contributed by atoms with Crippen LogP contribution in [0.1, 0.15) is 42.6 Å². The normalized spacial score (nSPS) is 11.2. The maximum atomic E-state index is 15.0. The summed E-state index contributed by atoms with van der Waals surface area (Å²) in [5, 5.41) is 13.4. The molecule has 3 aromatic heterocycles. The first-order valence-corrected chi connectivity index (χ1v) is 9.80. The first-order chi connectivity index (χ1) is 14.8. The summed E-state index contributed by atoms with van der Waals surface area (Å²) in [7, 11) is 0. The highest BCUT2D eigenvalue weighted by Crippen LogP contribution is 2.24. The van der Waals surface area contributed by atoms with E-state index in [4.69, 9.17) is 16.3 Å². The second-order valence-electron chi connectivity index (χ2n) is 6.72. The number of halogens is 2. The first kappa shape index (κ1) is 22.5. The number of hydrogen-bond acceptors (Lipinski definition) is 8. The van der Waals surface area contributed by atoms with E-state index in [9.17, 15) is 19.1 Å². The number of carbonyl (C=O) groups excluding carboxylic acids is 1. The lowest BCUT2D eigenvalue weighted by atomic mass is 10.1. The number of aliphatic hydroxyl groups is 1. The number of nitrogens with zero attached hydrogens (tertiary/aromatic N) is 6. The molecule has 0 aromatic carbocycles. The summed E-state index contributed by atoms with van der Waals surface area (Å²) in [5.74, 6) is -2.07. The molecular formula is C19H20ClFN6O4. The molecule has 3 aromatic rings. The van der Waals surface area contributed by atoms with Crippen molar-refractivity contribution in [2.75, 3.05) is 0 Å². The molecule has 164 valence electrons. The van der Waals surface area contributed by atoms with Crippen LogP contribution in [-0.4, -0.2) is 46.3 Å². The average Bonchev–Trinajstić information content (AvgIpc) is 3.05. The zero-order valence-electron chi connectivity index (χ0n) is 17.0. The molecule has 0 atom stereocenters. The van der Waals surface area contributed by atoms with Crippen molar-refractivity contribution < 1.29 is 19.0 Å². The van der Waals surface area contributed by atoms with Gasteiger partial charge in [0.25, 0.3) is 0 Å². The molecule has 3 rings (SSSR count). The van der Waals surface area contributed by atoms with Crippen molar-refractivity contribution in [3.63, 3.8) is 0 Å². The van der Waals surface area contributed by atoms with E-state index in [0.29, 0.717) is 0 Å². The van der Waals surface area contributed by atoms with Gasteiger partial charge in [0.05, 0.1) is 23.8 Å². The summed E-state index contributed by atoms with van der Waals surface area (Å²) < 4.78 is 22.5. The highest BCUT2D eigenvalue weighted by molar-refractivity contribution is 6.30. The van der Waals surface area contributed by atoms with Crippen LogP contribution in [0, 0.1) is 5.82 Å². The molecule has 0 bridgehead atoms. The minimum absolute atomic E-state index is 0.0532. The Labute approximate surface area is 181 Å². The predicted octanol–water partition coefficient (Wildman–Crippen LogP) is 1.74. The number of aromatic nitrogens is 6. The fraction of sp³-hybridized carbons (Fsp3) is 0.368. The molecule has 0 radical (unpaired) electrons. The number of ether oxygens (including phenoxy) is 1. The standard InChI is InChI=1S/C19H20ClFN6O4/c1-4-26-15(9-28)25-27(19(26)30)17-12(21)7-11(18(24-17)31-10(2)3)14(29)8-13-16(20)23-6-5-22-13/h5-7,10,28H,4,8-9H2,1-3H3. The van der Waals surface area contributed by atoms with E-state index in [1.54, 1.807) is 20.8 Å². The number of hydrogen-bond donors (Lipinski definition) is 1. The van der Waals surface area contributed by atoms with Gasteiger partial charge in [0, 0.05) is 18.9 Å². The molecule has 3 heterocycles. The molecule has 0 aliphatic rings. The SMILES string of the molecule is CCn1c(CO)nn(-c2nc(OC(C)C)c(C(=O)Cc3nccnc3Cl)cc2F)c1=O. The Balaban J connectivity index is 2.10. The Morgan fingerprint density at radius 3 is 2.61 bits per heavy atom. The monoisotopic (exact) mass is 450 g/mol. The summed E-state index contributed by atoms with van der Waals surface area (Å²) in [5.41, 5.74) is -0.597. The lowest BCUT2D eigenvalue weighted by Gasteiger charge is -2.14. The van der Waals surface area contributed by atoms with Crippen molar-refractivity contribution in [2.45, 2.75) is 46.4 Å². The van der Waals surface area contributed by atoms with Gasteiger partial charge >= 0.3 is 5.69 Å². The van der Waals surface area contributed by atoms with Gasteiger partial charge in [-0.05, 0) is 26.8 Å². The van der Waals surface area contributed by atoms with Crippen molar-refractivity contribution in [2.24, 2.45) is 0 Å². The molecule has 0 saturated carbocycles. The highest BCUT2D eigenvalue weighted by Gasteiger charge is 2.24. The maximum Gasteiger partial charge on any atom is 0.352 e. The van der Waals surface area contributed by atoms with Gasteiger partial charge in [-0.2, -0.15) is 9.67 Å². The van der Waals surface area contributed by atoms with Crippen molar-refractivity contribution in [3.05, 3.63) is 57.0 Å². The number of Topliss-reactive ketones (excluding diaryl/α,β-unsaturated/α-hetero) is 1. The molecule has 1 N–H and O–H groups in total. The smallest absolute Gasteiger partial charge is 0.352 e. The van der Waals surface area contributed by atoms with E-state index < -0.39 is 35.8 Å². The maximum absolute atomic E-state index is 15.0. The molecule has 0 spiro atoms. The summed E-state index contributed by atoms with van der Waals surface area (Å²) in [4.78, 5) is 37.4. The quantitative estimate of drug-likeness (QED) is 0.514. The van der Waals surface area contributed by atoms with Gasteiger partial charge in [-0.1, -0.05) is 11.6 Å². The Morgan fingerprint density at radius 2 is 2.03 bits per heavy atom. The highest BCUT2D eigenvalue weighted by atomic mass is 35.5. The third-order valence-electron chi connectivity index (χ3n) is 4.22. The van der Waals surface area contributed by atoms with Crippen LogP contribution in [0.15, 0.2) is 23.3 Å². The van der Waals surface area contributed by atoms with Gasteiger partial charge in [-0.3, -0.25) is 14.3 Å². The van der Waals surface area contributed by atoms with Gasteiger partial charge in [0.2, 0.25) is 5.88 Å². The molecule has 0 amide bonds. The fourth-order valence-corrected chi connectivity index (χ4v) is 3.02. The van der Waals surface area contributed by atoms with E-state index in [0.717, 1.165) is 10.7 Å². The van der Waals surface area contributed by atoms with Crippen LogP contribution in [0.25, 0.3) is 5.82 Å². The molecule has 0 unspecified atom stereocenters. The lowest BCUT2D eigenvalue weighted by molar-refractivity contribution is 0.0984. The van der Waals surface area contributed by atoms with Crippen molar-refractivity contribution in [3.8, 4) is 11.7 Å². The van der Waals surface area contributed by atoms with E-state index >= 15 is 0 Å². The van der Waals surface area contributed by atoms with Crippen molar-refractivity contribution in [1.82, 2.24) is 29.3 Å². The third kappa shape index (κ3) is 4.62. The van der Waals surface area contributed by atoms with Crippen LogP contribution in [-0.2, 0) is 19.6 Å². The van der Waals surface area contributed by atoms with Gasteiger partial charge in [0.15, 0.2) is 28.4 Å². The van der Waals surface area contributed by atoms with Crippen LogP contribution in [0.3, 0.4) is 0 Å². The van der Waals surface area contributed by atoms with E-state index in [-0.39, 0.29) is 41.1 Å². The van der Waals surface area contributed by atoms with Gasteiger partial charge in [0.1, 0.15) is 6.61 Å². The minimum atomic E-state index is -0.961. The van der Waals surface area contributed by atoms with Gasteiger partial charge in [-0.25, -0.2) is 14.2 Å². The van der Waals surface area contributed by atoms with Gasteiger partial charge < -0.3 is 9.84 Å². The summed E-state index contributed by atoms with van der Waals surface area (Å²) >= 11 is 5.96. The molecule has 0 fully saturated rings. The van der Waals surface area contributed by atoms with Crippen LogP contribution in [0.4, 0.5) is 4.39 Å². The number of rotatable bonds is 8. The molecule has 10 nitrogen and oxygen atoms in total. The van der Waals surface area contributed by atoms with Crippen molar-refractivity contribution >= 4 is 17.4 Å². The van der Waals surface area contributed by atoms with E-state index in [2.05, 4.69) is 20.1 Å². The molecular weight excluding hydrogens is 431 g/mol. The molecule has 12 heteroatoms. The summed E-state index contributed by atoms with van der Waals surface area (Å²) in [6.07, 6.45) is 2.13. The third-order valence-corrected chi connectivity index (χ3v) is 4.53. The van der Waals surface area contributed by atoms with Crippen LogP contribution in [0.2, 0.25) is 5.15 Å². The second-order valence-corrected chi connectivity index (χ2v) is 7.08.